The molecule has 3 fully saturated rings. The third-order valence-electron chi connectivity index (χ3n) is 6.31. The second-order valence-corrected chi connectivity index (χ2v) is 8.45. The minimum absolute atomic E-state index is 0.0142. The fourth-order valence-electron chi connectivity index (χ4n) is 4.56. The summed E-state index contributed by atoms with van der Waals surface area (Å²) in [5, 5.41) is 0. The summed E-state index contributed by atoms with van der Waals surface area (Å²) in [6, 6.07) is 3.19. The maximum Gasteiger partial charge on any atom is 0.411 e. The van der Waals surface area contributed by atoms with Crippen molar-refractivity contribution in [3.8, 4) is 0 Å². The Kier molecular flexibility index (Phi) is 4.56. The minimum atomic E-state index is -4.38. The molecular weight excluding hydrogens is 425 g/mol. The normalized spacial score (nSPS) is 27.6. The first-order valence-corrected chi connectivity index (χ1v) is 10.1. The molecule has 27 heavy (non-hydrogen) atoms. The molecule has 148 valence electrons. The quantitative estimate of drug-likeness (QED) is 0.657. The van der Waals surface area contributed by atoms with Gasteiger partial charge in [0.05, 0.1) is 17.9 Å². The van der Waals surface area contributed by atoms with Gasteiger partial charge < -0.3 is 14.7 Å². The van der Waals surface area contributed by atoms with Crippen molar-refractivity contribution in [2.75, 3.05) is 24.5 Å². The molecule has 4 rings (SSSR count). The number of urea groups is 1. The topological polar surface area (TPSA) is 39.7 Å². The van der Waals surface area contributed by atoms with E-state index in [0.717, 1.165) is 21.6 Å². The van der Waals surface area contributed by atoms with E-state index in [0.29, 0.717) is 19.5 Å². The minimum Gasteiger partial charge on any atom is -0.363 e. The maximum absolute atomic E-state index is 13.7. The van der Waals surface area contributed by atoms with Crippen LogP contribution in [-0.2, 0) is 0 Å². The Morgan fingerprint density at radius 2 is 1.96 bits per heavy atom. The predicted octanol–water partition coefficient (Wildman–Crippen LogP) is 4.03. The van der Waals surface area contributed by atoms with E-state index in [9.17, 15) is 18.0 Å². The highest BCUT2D eigenvalue weighted by Gasteiger charge is 2.65. The summed E-state index contributed by atoms with van der Waals surface area (Å²) < 4.78 is 42.0. The van der Waals surface area contributed by atoms with E-state index >= 15 is 0 Å². The van der Waals surface area contributed by atoms with Crippen LogP contribution in [0.2, 0.25) is 0 Å². The molecule has 0 radical (unpaired) electrons. The summed E-state index contributed by atoms with van der Waals surface area (Å²) in [5.41, 5.74) is -1.03. The molecule has 5 nitrogen and oxygen atoms in total. The first-order valence-electron chi connectivity index (χ1n) is 9.30. The Bertz CT molecular complexity index is 722. The lowest BCUT2D eigenvalue weighted by atomic mass is 9.74. The highest BCUT2D eigenvalue weighted by Crippen LogP contribution is 2.51. The number of carbonyl (C=O) groups is 1. The van der Waals surface area contributed by atoms with Gasteiger partial charge in [-0.05, 0) is 53.7 Å². The number of pyridine rings is 1. The zero-order chi connectivity index (χ0) is 19.4. The van der Waals surface area contributed by atoms with Gasteiger partial charge in [0.25, 0.3) is 0 Å². The average Bonchev–Trinajstić information content (AvgIpc) is 2.88. The first-order chi connectivity index (χ1) is 12.8. The summed E-state index contributed by atoms with van der Waals surface area (Å²) in [6.45, 7) is 3.14. The molecule has 1 saturated carbocycles. The van der Waals surface area contributed by atoms with Gasteiger partial charge in [0.15, 0.2) is 0 Å². The van der Waals surface area contributed by atoms with Crippen LogP contribution < -0.4 is 4.90 Å². The number of anilines is 1. The maximum atomic E-state index is 13.7. The molecular formula is C18H22BrF3N4O. The molecule has 2 atom stereocenters. The van der Waals surface area contributed by atoms with E-state index in [2.05, 4.69) is 25.8 Å². The van der Waals surface area contributed by atoms with Gasteiger partial charge in [-0.15, -0.1) is 0 Å². The van der Waals surface area contributed by atoms with Crippen molar-refractivity contribution in [3.63, 3.8) is 0 Å². The highest BCUT2D eigenvalue weighted by molar-refractivity contribution is 9.10. The Morgan fingerprint density at radius 1 is 1.22 bits per heavy atom. The van der Waals surface area contributed by atoms with Gasteiger partial charge in [-0.25, -0.2) is 9.78 Å². The third-order valence-corrected chi connectivity index (χ3v) is 6.78. The predicted molar refractivity (Wildman–Crippen MR) is 98.6 cm³/mol. The lowest BCUT2D eigenvalue weighted by Gasteiger charge is -2.48. The van der Waals surface area contributed by atoms with Crippen LogP contribution in [0.15, 0.2) is 22.9 Å². The fourth-order valence-corrected chi connectivity index (χ4v) is 4.80. The number of alkyl halides is 3. The van der Waals surface area contributed by atoms with E-state index < -0.39 is 17.7 Å². The second kappa shape index (κ2) is 6.53. The van der Waals surface area contributed by atoms with Crippen LogP contribution in [-0.4, -0.2) is 64.2 Å². The van der Waals surface area contributed by atoms with E-state index in [1.54, 1.807) is 11.1 Å². The van der Waals surface area contributed by atoms with E-state index in [-0.39, 0.29) is 31.5 Å². The molecule has 0 N–H and O–H groups in total. The number of piperazine rings is 1. The van der Waals surface area contributed by atoms with Crippen molar-refractivity contribution in [3.05, 3.63) is 22.9 Å². The van der Waals surface area contributed by atoms with Gasteiger partial charge in [0.2, 0.25) is 0 Å². The number of amides is 2. The molecule has 1 aromatic rings. The van der Waals surface area contributed by atoms with Gasteiger partial charge in [-0.2, -0.15) is 13.2 Å². The van der Waals surface area contributed by atoms with Gasteiger partial charge in [-0.1, -0.05) is 6.92 Å². The van der Waals surface area contributed by atoms with Crippen molar-refractivity contribution in [1.29, 1.82) is 0 Å². The number of hydrogen-bond acceptors (Lipinski definition) is 3. The van der Waals surface area contributed by atoms with E-state index in [1.807, 2.05) is 19.1 Å². The van der Waals surface area contributed by atoms with E-state index in [4.69, 9.17) is 0 Å². The zero-order valence-corrected chi connectivity index (χ0v) is 16.6. The number of carbonyl (C=O) groups excluding carboxylic acids is 1. The van der Waals surface area contributed by atoms with Crippen molar-refractivity contribution < 1.29 is 18.0 Å². The molecule has 0 spiro atoms. The monoisotopic (exact) mass is 446 g/mol. The van der Waals surface area contributed by atoms with E-state index in [1.165, 1.54) is 0 Å². The van der Waals surface area contributed by atoms with Crippen LogP contribution in [0.3, 0.4) is 0 Å². The molecule has 9 heteroatoms. The van der Waals surface area contributed by atoms with Crippen LogP contribution in [0.25, 0.3) is 0 Å². The molecule has 2 amide bonds. The lowest BCUT2D eigenvalue weighted by Crippen LogP contribution is -2.64. The number of halogens is 4. The summed E-state index contributed by atoms with van der Waals surface area (Å²) >= 11 is 3.32. The summed E-state index contributed by atoms with van der Waals surface area (Å²) in [5.74, 6) is 0. The molecule has 3 aliphatic rings. The second-order valence-electron chi connectivity index (χ2n) is 7.64. The summed E-state index contributed by atoms with van der Waals surface area (Å²) in [6.07, 6.45) is -1.27. The Labute approximate surface area is 164 Å². The number of fused-ring (bicyclic) bond motifs is 1. The Morgan fingerprint density at radius 3 is 2.48 bits per heavy atom. The molecule has 2 aliphatic heterocycles. The molecule has 1 aliphatic carbocycles. The average molecular weight is 447 g/mol. The van der Waals surface area contributed by atoms with Crippen molar-refractivity contribution in [1.82, 2.24) is 14.8 Å². The molecule has 2 saturated heterocycles. The van der Waals surface area contributed by atoms with Gasteiger partial charge in [-0.3, -0.25) is 0 Å². The number of rotatable bonds is 3. The van der Waals surface area contributed by atoms with Crippen LogP contribution in [0.4, 0.5) is 23.7 Å². The van der Waals surface area contributed by atoms with Gasteiger partial charge >= 0.3 is 12.2 Å². The molecule has 0 aromatic carbocycles. The standard InChI is InChI=1S/C18H22BrF3N4O/c1-2-12-9-25-14(10-24(12)13-4-5-15(19)23-8-13)11-26(16(25)27)17(6-3-7-17)18(20,21)22/h4-5,8,12,14H,2-3,6-7,9-11H2,1H3/t12-,14+/m1/s1. The third kappa shape index (κ3) is 2.89. The first kappa shape index (κ1) is 18.8. The van der Waals surface area contributed by atoms with Gasteiger partial charge in [0, 0.05) is 25.7 Å². The molecule has 0 bridgehead atoms. The van der Waals surface area contributed by atoms with Crippen LogP contribution in [0, 0.1) is 0 Å². The number of nitrogens with zero attached hydrogens (tertiary/aromatic N) is 4. The molecule has 1 aromatic heterocycles. The molecule has 0 unspecified atom stereocenters. The summed E-state index contributed by atoms with van der Waals surface area (Å²) in [7, 11) is 0. The van der Waals surface area contributed by atoms with Crippen LogP contribution in [0.1, 0.15) is 32.6 Å². The van der Waals surface area contributed by atoms with Crippen molar-refractivity contribution in [2.24, 2.45) is 0 Å². The van der Waals surface area contributed by atoms with Crippen molar-refractivity contribution in [2.45, 2.75) is 56.4 Å². The number of aromatic nitrogens is 1. The smallest absolute Gasteiger partial charge is 0.363 e. The van der Waals surface area contributed by atoms with Gasteiger partial charge in [0.1, 0.15) is 10.1 Å². The van der Waals surface area contributed by atoms with Crippen LogP contribution >= 0.6 is 15.9 Å². The highest BCUT2D eigenvalue weighted by atomic mass is 79.9. The molecule has 3 heterocycles. The lowest BCUT2D eigenvalue weighted by molar-refractivity contribution is -0.245. The SMILES string of the molecule is CC[C@@H]1CN2C(=O)N(C3(C(F)(F)F)CCC3)C[C@@H]2CN1c1ccc(Br)nc1. The zero-order valence-electron chi connectivity index (χ0n) is 15.0. The summed E-state index contributed by atoms with van der Waals surface area (Å²) in [4.78, 5) is 22.1. The fraction of sp³-hybridized carbons (Fsp3) is 0.667. The Balaban J connectivity index is 1.59. The van der Waals surface area contributed by atoms with Crippen molar-refractivity contribution >= 4 is 27.6 Å². The Hall–Kier alpha value is -1.51. The number of hydrogen-bond donors (Lipinski definition) is 0. The van der Waals surface area contributed by atoms with Crippen LogP contribution in [0.5, 0.6) is 0 Å². The largest absolute Gasteiger partial charge is 0.411 e.